The van der Waals surface area contributed by atoms with Crippen LogP contribution in [0.4, 0.5) is 0 Å². The minimum atomic E-state index is -1.22. The highest BCUT2D eigenvalue weighted by Gasteiger charge is 2.19. The molecule has 0 unspecified atom stereocenters. The molecule has 0 aromatic carbocycles. The lowest BCUT2D eigenvalue weighted by Crippen LogP contribution is -2.36. The van der Waals surface area contributed by atoms with E-state index in [9.17, 15) is 0 Å². The van der Waals surface area contributed by atoms with Gasteiger partial charge in [0.1, 0.15) is 8.07 Å². The summed E-state index contributed by atoms with van der Waals surface area (Å²) in [5.74, 6) is 0. The molecule has 0 aliphatic rings. The van der Waals surface area contributed by atoms with Gasteiger partial charge in [0.25, 0.3) is 0 Å². The second kappa shape index (κ2) is 2.72. The van der Waals surface area contributed by atoms with Gasteiger partial charge in [0.2, 0.25) is 0 Å². The summed E-state index contributed by atoms with van der Waals surface area (Å²) < 4.78 is 1.52. The van der Waals surface area contributed by atoms with Crippen molar-refractivity contribution < 1.29 is 0 Å². The topological polar surface area (TPSA) is 0 Å². The highest BCUT2D eigenvalue weighted by atomic mass is 32.1. The highest BCUT2D eigenvalue weighted by molar-refractivity contribution is 7.26. The average Bonchev–Trinajstić information content (AvgIpc) is 2.38. The maximum absolute atomic E-state index is 3.86. The Morgan fingerprint density at radius 1 is 1.60 bits per heavy atom. The molecule has 0 atom stereocenters. The largest absolute Gasteiger partial charge is 0.153 e. The van der Waals surface area contributed by atoms with Crippen molar-refractivity contribution in [3.63, 3.8) is 0 Å². The van der Waals surface area contributed by atoms with Crippen molar-refractivity contribution in [2.45, 2.75) is 13.1 Å². The molecule has 0 aliphatic carbocycles. The lowest BCUT2D eigenvalue weighted by Gasteiger charge is -2.13. The zero-order chi connectivity index (χ0) is 7.61. The van der Waals surface area contributed by atoms with Gasteiger partial charge in [-0.2, -0.15) is 11.3 Å². The van der Waals surface area contributed by atoms with Crippen molar-refractivity contribution in [3.05, 3.63) is 29.8 Å². The van der Waals surface area contributed by atoms with Crippen LogP contribution in [0.25, 0.3) is 0 Å². The molecule has 1 heterocycles. The van der Waals surface area contributed by atoms with E-state index in [1.807, 2.05) is 11.3 Å². The molecule has 0 radical (unpaired) electrons. The lowest BCUT2D eigenvalue weighted by molar-refractivity contribution is 1.86. The summed E-state index contributed by atoms with van der Waals surface area (Å²) in [5.41, 5.74) is 2.12. The van der Waals surface area contributed by atoms with Gasteiger partial charge in [0, 0.05) is 0 Å². The van der Waals surface area contributed by atoms with Gasteiger partial charge in [-0.1, -0.05) is 30.9 Å². The first-order valence-electron chi connectivity index (χ1n) is 3.34. The van der Waals surface area contributed by atoms with E-state index in [1.54, 1.807) is 0 Å². The Kier molecular flexibility index (Phi) is 2.11. The highest BCUT2D eigenvalue weighted by Crippen LogP contribution is 2.07. The Balaban J connectivity index is 2.95. The molecule has 1 aromatic heterocycles. The van der Waals surface area contributed by atoms with Gasteiger partial charge < -0.3 is 0 Å². The van der Waals surface area contributed by atoms with E-state index in [1.165, 1.54) is 4.50 Å². The molecule has 0 aliphatic heterocycles. The van der Waals surface area contributed by atoms with Crippen LogP contribution in [0.3, 0.4) is 0 Å². The van der Waals surface area contributed by atoms with Crippen LogP contribution in [0.15, 0.2) is 29.8 Å². The van der Waals surface area contributed by atoms with Crippen LogP contribution in [-0.4, -0.2) is 8.07 Å². The minimum absolute atomic E-state index is 1.22. The normalized spacial score (nSPS) is 11.4. The first kappa shape index (κ1) is 7.76. The summed E-state index contributed by atoms with van der Waals surface area (Å²) in [6.07, 6.45) is 0. The lowest BCUT2D eigenvalue weighted by atomic mass is 10.7. The molecule has 0 saturated heterocycles. The summed E-state index contributed by atoms with van der Waals surface area (Å²) in [5, 5.41) is 2.13. The zero-order valence-corrected chi connectivity index (χ0v) is 8.24. The zero-order valence-electron chi connectivity index (χ0n) is 6.42. The summed E-state index contributed by atoms with van der Waals surface area (Å²) in [7, 11) is -1.22. The molecule has 0 nitrogen and oxygen atoms in total. The van der Waals surface area contributed by atoms with Crippen molar-refractivity contribution in [2.24, 2.45) is 0 Å². The Morgan fingerprint density at radius 3 is 2.70 bits per heavy atom. The minimum Gasteiger partial charge on any atom is -0.153 e. The van der Waals surface area contributed by atoms with Gasteiger partial charge in [-0.05, 0) is 9.88 Å². The van der Waals surface area contributed by atoms with Crippen LogP contribution in [-0.2, 0) is 0 Å². The number of thiophene rings is 1. The Labute approximate surface area is 67.2 Å². The molecule has 0 spiro atoms. The van der Waals surface area contributed by atoms with Gasteiger partial charge in [0.05, 0.1) is 0 Å². The molecule has 10 heavy (non-hydrogen) atoms. The van der Waals surface area contributed by atoms with Crippen molar-refractivity contribution in [3.8, 4) is 0 Å². The fourth-order valence-corrected chi connectivity index (χ4v) is 3.60. The molecular weight excluding hydrogens is 156 g/mol. The predicted octanol–water partition coefficient (Wildman–Crippen LogP) is 2.39. The molecule has 0 fully saturated rings. The smallest absolute Gasteiger partial charge is 0.116 e. The van der Waals surface area contributed by atoms with Crippen LogP contribution < -0.4 is 4.50 Å². The SMILES string of the molecule is C=C[Si](C)(C)c1cccs1. The van der Waals surface area contributed by atoms with Crippen LogP contribution in [0.2, 0.25) is 13.1 Å². The van der Waals surface area contributed by atoms with E-state index in [0.29, 0.717) is 0 Å². The quantitative estimate of drug-likeness (QED) is 0.595. The summed E-state index contributed by atoms with van der Waals surface area (Å²) in [6, 6.07) is 4.32. The standard InChI is InChI=1S/C8H12SSi/c1-4-10(2,3)8-6-5-7-9-8/h4-7H,1H2,2-3H3. The van der Waals surface area contributed by atoms with Gasteiger partial charge in [0.15, 0.2) is 0 Å². The first-order chi connectivity index (χ1) is 4.67. The van der Waals surface area contributed by atoms with Crippen molar-refractivity contribution in [1.29, 1.82) is 0 Å². The number of rotatable bonds is 2. The van der Waals surface area contributed by atoms with Crippen molar-refractivity contribution in [1.82, 2.24) is 0 Å². The molecule has 1 aromatic rings. The van der Waals surface area contributed by atoms with Gasteiger partial charge >= 0.3 is 0 Å². The second-order valence-corrected chi connectivity index (χ2v) is 8.60. The molecule has 54 valence electrons. The van der Waals surface area contributed by atoms with E-state index in [-0.39, 0.29) is 0 Å². The third kappa shape index (κ3) is 1.38. The van der Waals surface area contributed by atoms with Gasteiger partial charge in [-0.15, -0.1) is 6.58 Å². The third-order valence-electron chi connectivity index (χ3n) is 1.67. The second-order valence-electron chi connectivity index (χ2n) is 2.90. The Bertz CT molecular complexity index is 211. The molecule has 0 amide bonds. The molecule has 2 heteroatoms. The molecular formula is C8H12SSi. The van der Waals surface area contributed by atoms with Crippen molar-refractivity contribution in [2.75, 3.05) is 0 Å². The molecule has 0 saturated carbocycles. The molecule has 0 N–H and O–H groups in total. The van der Waals surface area contributed by atoms with E-state index in [2.05, 4.69) is 42.9 Å². The fraction of sp³-hybridized carbons (Fsp3) is 0.250. The molecule has 0 bridgehead atoms. The predicted molar refractivity (Wildman–Crippen MR) is 51.6 cm³/mol. The van der Waals surface area contributed by atoms with Crippen LogP contribution in [0.1, 0.15) is 0 Å². The first-order valence-corrected chi connectivity index (χ1v) is 7.30. The van der Waals surface area contributed by atoms with Gasteiger partial charge in [-0.25, -0.2) is 0 Å². The Hall–Kier alpha value is -0.343. The van der Waals surface area contributed by atoms with Crippen LogP contribution in [0.5, 0.6) is 0 Å². The Morgan fingerprint density at radius 2 is 2.30 bits per heavy atom. The monoisotopic (exact) mass is 168 g/mol. The van der Waals surface area contributed by atoms with E-state index >= 15 is 0 Å². The number of hydrogen-bond acceptors (Lipinski definition) is 1. The summed E-state index contributed by atoms with van der Waals surface area (Å²) in [4.78, 5) is 0. The third-order valence-corrected chi connectivity index (χ3v) is 6.74. The maximum Gasteiger partial charge on any atom is 0.116 e. The maximum atomic E-state index is 3.86. The van der Waals surface area contributed by atoms with Crippen LogP contribution in [0, 0.1) is 0 Å². The summed E-state index contributed by atoms with van der Waals surface area (Å²) in [6.45, 7) is 8.48. The van der Waals surface area contributed by atoms with Crippen LogP contribution >= 0.6 is 11.3 Å². The van der Waals surface area contributed by atoms with E-state index < -0.39 is 8.07 Å². The van der Waals surface area contributed by atoms with Crippen molar-refractivity contribution >= 4 is 23.9 Å². The fourth-order valence-electron chi connectivity index (χ4n) is 0.746. The van der Waals surface area contributed by atoms with E-state index in [0.717, 1.165) is 0 Å². The van der Waals surface area contributed by atoms with Gasteiger partial charge in [-0.3, -0.25) is 0 Å². The van der Waals surface area contributed by atoms with E-state index in [4.69, 9.17) is 0 Å². The molecule has 1 rings (SSSR count). The summed E-state index contributed by atoms with van der Waals surface area (Å²) >= 11 is 1.84. The number of hydrogen-bond donors (Lipinski definition) is 0. The average molecular weight is 168 g/mol.